The summed E-state index contributed by atoms with van der Waals surface area (Å²) < 4.78 is 42.9. The Morgan fingerprint density at radius 2 is 1.82 bits per heavy atom. The van der Waals surface area contributed by atoms with Crippen molar-refractivity contribution in [3.8, 4) is 11.5 Å². The molecule has 2 aromatic carbocycles. The van der Waals surface area contributed by atoms with Crippen molar-refractivity contribution < 1.29 is 27.4 Å². The SMILES string of the molecule is CCOc1ccc(CN(C)CC(=O)Nc2ccc(S(=O)(=O)N3CCOCC3)cc2)cc1OC. The van der Waals surface area contributed by atoms with Crippen molar-refractivity contribution in [3.05, 3.63) is 48.0 Å². The number of nitrogens with one attached hydrogen (secondary N) is 1. The average molecular weight is 478 g/mol. The molecule has 0 aliphatic carbocycles. The topological polar surface area (TPSA) is 97.4 Å². The van der Waals surface area contributed by atoms with Crippen molar-refractivity contribution in [1.82, 2.24) is 9.21 Å². The Balaban J connectivity index is 1.55. The fourth-order valence-electron chi connectivity index (χ4n) is 3.54. The third-order valence-corrected chi connectivity index (χ3v) is 7.05. The second-order valence-corrected chi connectivity index (χ2v) is 9.62. The van der Waals surface area contributed by atoms with Crippen LogP contribution in [-0.4, -0.2) is 77.1 Å². The van der Waals surface area contributed by atoms with Gasteiger partial charge >= 0.3 is 0 Å². The lowest BCUT2D eigenvalue weighted by Crippen LogP contribution is -2.40. The number of ether oxygens (including phenoxy) is 3. The molecule has 1 heterocycles. The van der Waals surface area contributed by atoms with E-state index in [0.29, 0.717) is 56.6 Å². The average Bonchev–Trinajstić information content (AvgIpc) is 2.81. The predicted octanol–water partition coefficient (Wildman–Crippen LogP) is 2.19. The molecule has 0 atom stereocenters. The predicted molar refractivity (Wildman–Crippen MR) is 125 cm³/mol. The Labute approximate surface area is 195 Å². The molecule has 0 saturated carbocycles. The lowest BCUT2D eigenvalue weighted by molar-refractivity contribution is -0.117. The summed E-state index contributed by atoms with van der Waals surface area (Å²) in [6.45, 7) is 4.65. The summed E-state index contributed by atoms with van der Waals surface area (Å²) in [7, 11) is -0.119. The zero-order valence-corrected chi connectivity index (χ0v) is 20.1. The van der Waals surface area contributed by atoms with E-state index in [0.717, 1.165) is 5.56 Å². The molecule has 9 nitrogen and oxygen atoms in total. The first-order valence-electron chi connectivity index (χ1n) is 10.8. The molecule has 1 fully saturated rings. The minimum Gasteiger partial charge on any atom is -0.493 e. The molecule has 1 saturated heterocycles. The maximum absolute atomic E-state index is 12.7. The van der Waals surface area contributed by atoms with E-state index in [4.69, 9.17) is 14.2 Å². The van der Waals surface area contributed by atoms with Gasteiger partial charge in [-0.3, -0.25) is 9.69 Å². The minimum absolute atomic E-state index is 0.170. The van der Waals surface area contributed by atoms with E-state index in [9.17, 15) is 13.2 Å². The van der Waals surface area contributed by atoms with Crippen molar-refractivity contribution in [2.75, 3.05) is 58.9 Å². The second-order valence-electron chi connectivity index (χ2n) is 7.68. The number of benzene rings is 2. The molecule has 0 radical (unpaired) electrons. The number of carbonyl (C=O) groups excluding carboxylic acids is 1. The number of anilines is 1. The van der Waals surface area contributed by atoms with Crippen molar-refractivity contribution in [1.29, 1.82) is 0 Å². The number of sulfonamides is 1. The van der Waals surface area contributed by atoms with Gasteiger partial charge in [0.15, 0.2) is 11.5 Å². The molecule has 1 N–H and O–H groups in total. The minimum atomic E-state index is -3.56. The molecule has 1 aliphatic rings. The van der Waals surface area contributed by atoms with E-state index < -0.39 is 10.0 Å². The van der Waals surface area contributed by atoms with Crippen LogP contribution in [0.2, 0.25) is 0 Å². The largest absolute Gasteiger partial charge is 0.493 e. The van der Waals surface area contributed by atoms with Crippen LogP contribution in [0.4, 0.5) is 5.69 Å². The van der Waals surface area contributed by atoms with Crippen LogP contribution in [0.15, 0.2) is 47.4 Å². The van der Waals surface area contributed by atoms with E-state index in [1.54, 1.807) is 19.2 Å². The van der Waals surface area contributed by atoms with Crippen LogP contribution in [0.5, 0.6) is 11.5 Å². The van der Waals surface area contributed by atoms with E-state index in [1.807, 2.05) is 37.1 Å². The van der Waals surface area contributed by atoms with E-state index in [2.05, 4.69) is 5.32 Å². The highest BCUT2D eigenvalue weighted by atomic mass is 32.2. The summed E-state index contributed by atoms with van der Waals surface area (Å²) in [5.41, 5.74) is 1.53. The van der Waals surface area contributed by atoms with Crippen LogP contribution in [0.1, 0.15) is 12.5 Å². The van der Waals surface area contributed by atoms with Gasteiger partial charge in [-0.1, -0.05) is 6.07 Å². The summed E-state index contributed by atoms with van der Waals surface area (Å²) in [6.07, 6.45) is 0. The van der Waals surface area contributed by atoms with Gasteiger partial charge in [0.1, 0.15) is 0 Å². The highest BCUT2D eigenvalue weighted by molar-refractivity contribution is 7.89. The van der Waals surface area contributed by atoms with Gasteiger partial charge in [0.25, 0.3) is 0 Å². The van der Waals surface area contributed by atoms with Gasteiger partial charge in [-0.25, -0.2) is 8.42 Å². The van der Waals surface area contributed by atoms with Crippen LogP contribution >= 0.6 is 0 Å². The van der Waals surface area contributed by atoms with Crippen LogP contribution < -0.4 is 14.8 Å². The van der Waals surface area contributed by atoms with E-state index in [-0.39, 0.29) is 17.3 Å². The maximum Gasteiger partial charge on any atom is 0.243 e. The van der Waals surface area contributed by atoms with E-state index in [1.165, 1.54) is 16.4 Å². The zero-order valence-electron chi connectivity index (χ0n) is 19.2. The normalized spacial score (nSPS) is 14.8. The van der Waals surface area contributed by atoms with E-state index >= 15 is 0 Å². The molecule has 0 unspecified atom stereocenters. The van der Waals surface area contributed by atoms with Gasteiger partial charge in [0.05, 0.1) is 38.4 Å². The Kier molecular flexibility index (Phi) is 8.67. The molecule has 2 aromatic rings. The highest BCUT2D eigenvalue weighted by Crippen LogP contribution is 2.28. The molecule has 1 aliphatic heterocycles. The van der Waals surface area contributed by atoms with Gasteiger partial charge in [-0.2, -0.15) is 4.31 Å². The van der Waals surface area contributed by atoms with Crippen molar-refractivity contribution in [2.45, 2.75) is 18.4 Å². The number of hydrogen-bond acceptors (Lipinski definition) is 7. The number of methoxy groups -OCH3 is 1. The van der Waals surface area contributed by atoms with Gasteiger partial charge in [-0.15, -0.1) is 0 Å². The number of hydrogen-bond donors (Lipinski definition) is 1. The molecule has 180 valence electrons. The Morgan fingerprint density at radius 3 is 2.45 bits per heavy atom. The number of nitrogens with zero attached hydrogens (tertiary/aromatic N) is 2. The molecular formula is C23H31N3O6S. The number of likely N-dealkylation sites (N-methyl/N-ethyl adjacent to an activating group) is 1. The molecule has 1 amide bonds. The van der Waals surface area contributed by atoms with Gasteiger partial charge in [0.2, 0.25) is 15.9 Å². The standard InChI is InChI=1S/C23H31N3O6S/c1-4-32-21-10-5-18(15-22(21)30-3)16-25(2)17-23(27)24-19-6-8-20(9-7-19)33(28,29)26-11-13-31-14-12-26/h5-10,15H,4,11-14,16-17H2,1-3H3,(H,24,27). The third kappa shape index (κ3) is 6.67. The first-order chi connectivity index (χ1) is 15.8. The Morgan fingerprint density at radius 1 is 1.12 bits per heavy atom. The first-order valence-corrected chi connectivity index (χ1v) is 12.2. The second kappa shape index (κ2) is 11.5. The van der Waals surface area contributed by atoms with Crippen LogP contribution in [0.3, 0.4) is 0 Å². The monoisotopic (exact) mass is 477 g/mol. The number of amides is 1. The Hall–Kier alpha value is -2.66. The lowest BCUT2D eigenvalue weighted by Gasteiger charge is -2.26. The third-order valence-electron chi connectivity index (χ3n) is 5.14. The first kappa shape index (κ1) is 25.0. The van der Waals surface area contributed by atoms with Crippen molar-refractivity contribution >= 4 is 21.6 Å². The van der Waals surface area contributed by atoms with Crippen LogP contribution in [0.25, 0.3) is 0 Å². The maximum atomic E-state index is 12.7. The fourth-order valence-corrected chi connectivity index (χ4v) is 4.95. The lowest BCUT2D eigenvalue weighted by atomic mass is 10.2. The number of carbonyl (C=O) groups is 1. The zero-order chi connectivity index (χ0) is 23.8. The molecular weight excluding hydrogens is 446 g/mol. The number of rotatable bonds is 10. The molecule has 0 spiro atoms. The molecule has 0 aromatic heterocycles. The van der Waals surface area contributed by atoms with Crippen LogP contribution in [0, 0.1) is 0 Å². The molecule has 0 bridgehead atoms. The number of morpholine rings is 1. The fraction of sp³-hybridized carbons (Fsp3) is 0.435. The molecule has 3 rings (SSSR count). The summed E-state index contributed by atoms with van der Waals surface area (Å²) in [4.78, 5) is 14.5. The summed E-state index contributed by atoms with van der Waals surface area (Å²) in [5.74, 6) is 1.14. The van der Waals surface area contributed by atoms with Gasteiger partial charge in [-0.05, 0) is 55.9 Å². The van der Waals surface area contributed by atoms with Crippen molar-refractivity contribution in [2.24, 2.45) is 0 Å². The Bertz CT molecular complexity index is 1040. The highest BCUT2D eigenvalue weighted by Gasteiger charge is 2.26. The summed E-state index contributed by atoms with van der Waals surface area (Å²) >= 11 is 0. The van der Waals surface area contributed by atoms with Gasteiger partial charge in [0, 0.05) is 25.3 Å². The van der Waals surface area contributed by atoms with Gasteiger partial charge < -0.3 is 19.5 Å². The summed E-state index contributed by atoms with van der Waals surface area (Å²) in [6, 6.07) is 11.9. The molecule has 33 heavy (non-hydrogen) atoms. The van der Waals surface area contributed by atoms with Crippen molar-refractivity contribution in [3.63, 3.8) is 0 Å². The quantitative estimate of drug-likeness (QED) is 0.560. The molecule has 10 heteroatoms. The summed E-state index contributed by atoms with van der Waals surface area (Å²) in [5, 5.41) is 2.81. The smallest absolute Gasteiger partial charge is 0.243 e. The van der Waals surface area contributed by atoms with Crippen LogP contribution in [-0.2, 0) is 26.1 Å².